The molecule has 3 heterocycles. The van der Waals surface area contributed by atoms with Gasteiger partial charge >= 0.3 is 0 Å². The largest absolute Gasteiger partial charge is 0.273 e. The number of hydrogen-bond acceptors (Lipinski definition) is 4. The summed E-state index contributed by atoms with van der Waals surface area (Å²) in [6.07, 6.45) is 3.81. The third kappa shape index (κ3) is 3.90. The molecule has 2 aromatic heterocycles. The van der Waals surface area contributed by atoms with E-state index in [9.17, 15) is 4.79 Å². The van der Waals surface area contributed by atoms with Crippen molar-refractivity contribution in [1.29, 1.82) is 0 Å². The van der Waals surface area contributed by atoms with Crippen LogP contribution >= 0.6 is 15.9 Å². The van der Waals surface area contributed by atoms with Gasteiger partial charge in [0.2, 0.25) is 5.91 Å². The molecule has 0 bridgehead atoms. The number of hydrazone groups is 1. The summed E-state index contributed by atoms with van der Waals surface area (Å²) in [4.78, 5) is 21.2. The van der Waals surface area contributed by atoms with Crippen molar-refractivity contribution < 1.29 is 4.79 Å². The molecule has 0 spiro atoms. The van der Waals surface area contributed by atoms with E-state index in [1.807, 2.05) is 49.5 Å². The van der Waals surface area contributed by atoms with Crippen molar-refractivity contribution in [2.45, 2.75) is 26.2 Å². The van der Waals surface area contributed by atoms with Crippen molar-refractivity contribution in [2.24, 2.45) is 5.10 Å². The molecule has 27 heavy (non-hydrogen) atoms. The molecule has 1 saturated heterocycles. The summed E-state index contributed by atoms with van der Waals surface area (Å²) in [7, 11) is 0. The lowest BCUT2D eigenvalue weighted by Gasteiger charge is -2.14. The van der Waals surface area contributed by atoms with Crippen molar-refractivity contribution in [3.8, 4) is 0 Å². The highest BCUT2D eigenvalue weighted by atomic mass is 79.9. The molecule has 0 unspecified atom stereocenters. The minimum atomic E-state index is 0.0728. The third-order valence-corrected chi connectivity index (χ3v) is 5.12. The van der Waals surface area contributed by atoms with Gasteiger partial charge in [-0.25, -0.2) is 5.01 Å². The van der Waals surface area contributed by atoms with Crippen molar-refractivity contribution in [1.82, 2.24) is 15.0 Å². The summed E-state index contributed by atoms with van der Waals surface area (Å²) in [6, 6.07) is 14.0. The van der Waals surface area contributed by atoms with E-state index in [1.165, 1.54) is 0 Å². The Morgan fingerprint density at radius 3 is 2.93 bits per heavy atom. The summed E-state index contributed by atoms with van der Waals surface area (Å²) < 4.78 is 0.997. The van der Waals surface area contributed by atoms with Crippen LogP contribution in [0.3, 0.4) is 0 Å². The molecule has 0 saturated carbocycles. The zero-order chi connectivity index (χ0) is 18.8. The maximum atomic E-state index is 12.1. The van der Waals surface area contributed by atoms with Crippen LogP contribution in [0.5, 0.6) is 0 Å². The van der Waals surface area contributed by atoms with Gasteiger partial charge in [0.25, 0.3) is 0 Å². The fourth-order valence-electron chi connectivity index (χ4n) is 3.28. The van der Waals surface area contributed by atoms with Crippen LogP contribution in [0.1, 0.15) is 29.8 Å². The van der Waals surface area contributed by atoms with Gasteiger partial charge in [-0.15, -0.1) is 0 Å². The number of hydrogen-bond donors (Lipinski definition) is 0. The molecule has 1 fully saturated rings. The molecule has 0 atom stereocenters. The fourth-order valence-corrected chi connectivity index (χ4v) is 3.63. The molecule has 1 amide bonds. The van der Waals surface area contributed by atoms with Gasteiger partial charge in [0, 0.05) is 41.1 Å². The number of amides is 1. The Labute approximate surface area is 166 Å². The van der Waals surface area contributed by atoms with Crippen LogP contribution in [0.25, 0.3) is 10.9 Å². The number of halogens is 1. The van der Waals surface area contributed by atoms with E-state index in [1.54, 1.807) is 5.01 Å². The number of benzene rings is 1. The SMILES string of the molecule is Cc1cccc(/C(Cc2ccnc3cc(Br)ccc23)=N/N2CCCC2=O)n1. The van der Waals surface area contributed by atoms with Crippen molar-refractivity contribution in [2.75, 3.05) is 6.54 Å². The molecular formula is C21H19BrN4O. The topological polar surface area (TPSA) is 58.5 Å². The lowest BCUT2D eigenvalue weighted by Crippen LogP contribution is -2.22. The van der Waals surface area contributed by atoms with Crippen LogP contribution in [0.15, 0.2) is 58.2 Å². The Morgan fingerprint density at radius 1 is 1.26 bits per heavy atom. The molecule has 136 valence electrons. The summed E-state index contributed by atoms with van der Waals surface area (Å²) in [5.41, 5.74) is 4.56. The Bertz CT molecular complexity index is 1050. The minimum absolute atomic E-state index is 0.0728. The summed E-state index contributed by atoms with van der Waals surface area (Å²) in [5.74, 6) is 0.0728. The first-order valence-electron chi connectivity index (χ1n) is 8.95. The molecule has 4 rings (SSSR count). The molecular weight excluding hydrogens is 404 g/mol. The van der Waals surface area contributed by atoms with Crippen molar-refractivity contribution >= 4 is 38.5 Å². The van der Waals surface area contributed by atoms with Crippen LogP contribution in [-0.4, -0.2) is 33.1 Å². The highest BCUT2D eigenvalue weighted by Crippen LogP contribution is 2.23. The maximum Gasteiger partial charge on any atom is 0.242 e. The number of carbonyl (C=O) groups excluding carboxylic acids is 1. The Morgan fingerprint density at radius 2 is 2.15 bits per heavy atom. The van der Waals surface area contributed by atoms with E-state index >= 15 is 0 Å². The van der Waals surface area contributed by atoms with Crippen molar-refractivity contribution in [3.63, 3.8) is 0 Å². The van der Waals surface area contributed by atoms with E-state index < -0.39 is 0 Å². The second-order valence-electron chi connectivity index (χ2n) is 6.64. The van der Waals surface area contributed by atoms with Crippen LogP contribution in [-0.2, 0) is 11.2 Å². The van der Waals surface area contributed by atoms with E-state index in [-0.39, 0.29) is 5.91 Å². The van der Waals surface area contributed by atoms with Gasteiger partial charge in [-0.05, 0) is 49.2 Å². The van der Waals surface area contributed by atoms with Gasteiger partial charge in [-0.2, -0.15) is 5.10 Å². The molecule has 0 N–H and O–H groups in total. The third-order valence-electron chi connectivity index (χ3n) is 4.63. The molecule has 1 aliphatic heterocycles. The Hall–Kier alpha value is -2.60. The highest BCUT2D eigenvalue weighted by molar-refractivity contribution is 9.10. The summed E-state index contributed by atoms with van der Waals surface area (Å²) in [6.45, 7) is 2.62. The second-order valence-corrected chi connectivity index (χ2v) is 7.56. The Kier molecular flexibility index (Phi) is 4.99. The van der Waals surface area contributed by atoms with Gasteiger partial charge in [-0.1, -0.05) is 28.1 Å². The predicted octanol–water partition coefficient (Wildman–Crippen LogP) is 4.27. The zero-order valence-electron chi connectivity index (χ0n) is 15.0. The lowest BCUT2D eigenvalue weighted by atomic mass is 10.0. The smallest absolute Gasteiger partial charge is 0.242 e. The zero-order valence-corrected chi connectivity index (χ0v) is 16.6. The molecule has 3 aromatic rings. The van der Waals surface area contributed by atoms with Gasteiger partial charge in [0.15, 0.2) is 0 Å². The first-order chi connectivity index (χ1) is 13.1. The second kappa shape index (κ2) is 7.56. The minimum Gasteiger partial charge on any atom is -0.273 e. The van der Waals surface area contributed by atoms with E-state index in [4.69, 9.17) is 5.10 Å². The molecule has 6 heteroatoms. The van der Waals surface area contributed by atoms with E-state index in [0.717, 1.165) is 44.5 Å². The fraction of sp³-hybridized carbons (Fsp3) is 0.238. The average molecular weight is 423 g/mol. The number of rotatable bonds is 4. The number of aryl methyl sites for hydroxylation is 1. The number of carbonyl (C=O) groups is 1. The average Bonchev–Trinajstić information content (AvgIpc) is 3.06. The molecule has 0 radical (unpaired) electrons. The van der Waals surface area contributed by atoms with Crippen LogP contribution in [0.2, 0.25) is 0 Å². The first kappa shape index (κ1) is 17.8. The van der Waals surface area contributed by atoms with Crippen molar-refractivity contribution in [3.05, 3.63) is 70.1 Å². The number of pyridine rings is 2. The molecule has 0 aliphatic carbocycles. The number of nitrogens with zero attached hydrogens (tertiary/aromatic N) is 4. The lowest BCUT2D eigenvalue weighted by molar-refractivity contribution is -0.127. The van der Waals surface area contributed by atoms with Gasteiger partial charge in [-0.3, -0.25) is 14.8 Å². The van der Waals surface area contributed by atoms with Gasteiger partial charge in [0.1, 0.15) is 0 Å². The van der Waals surface area contributed by atoms with Crippen LogP contribution < -0.4 is 0 Å². The quantitative estimate of drug-likeness (QED) is 0.589. The van der Waals surface area contributed by atoms with E-state index in [0.29, 0.717) is 19.4 Å². The molecule has 1 aliphatic rings. The monoisotopic (exact) mass is 422 g/mol. The van der Waals surface area contributed by atoms with Gasteiger partial charge < -0.3 is 0 Å². The van der Waals surface area contributed by atoms with Crippen LogP contribution in [0, 0.1) is 6.92 Å². The molecule has 5 nitrogen and oxygen atoms in total. The number of aromatic nitrogens is 2. The Balaban J connectivity index is 1.78. The maximum absolute atomic E-state index is 12.1. The van der Waals surface area contributed by atoms with Gasteiger partial charge in [0.05, 0.1) is 16.9 Å². The van der Waals surface area contributed by atoms with Crippen LogP contribution in [0.4, 0.5) is 0 Å². The number of fused-ring (bicyclic) bond motifs is 1. The normalized spacial score (nSPS) is 15.0. The summed E-state index contributed by atoms with van der Waals surface area (Å²) >= 11 is 3.50. The predicted molar refractivity (Wildman–Crippen MR) is 110 cm³/mol. The van der Waals surface area contributed by atoms with E-state index in [2.05, 4.69) is 32.0 Å². The standard InChI is InChI=1S/C21H19BrN4O/c1-14-4-2-5-18(24-14)20(25-26-11-3-6-21(26)27)12-15-9-10-23-19-13-16(22)7-8-17(15)19/h2,4-5,7-10,13H,3,6,11-12H2,1H3/b25-20+. The first-order valence-corrected chi connectivity index (χ1v) is 9.74. The summed E-state index contributed by atoms with van der Waals surface area (Å²) in [5, 5.41) is 7.36. The molecule has 1 aromatic carbocycles. The highest BCUT2D eigenvalue weighted by Gasteiger charge is 2.21.